The van der Waals surface area contributed by atoms with Gasteiger partial charge >= 0.3 is 0 Å². The first kappa shape index (κ1) is 11.7. The van der Waals surface area contributed by atoms with Crippen LogP contribution in [0.25, 0.3) is 0 Å². The van der Waals surface area contributed by atoms with Crippen molar-refractivity contribution in [2.24, 2.45) is 0 Å². The Morgan fingerprint density at radius 2 is 2.24 bits per heavy atom. The minimum atomic E-state index is 0.689. The molecule has 94 valence electrons. The minimum Gasteiger partial charge on any atom is -0.316 e. The summed E-state index contributed by atoms with van der Waals surface area (Å²) in [6, 6.07) is 0. The molecule has 1 fully saturated rings. The van der Waals surface area contributed by atoms with Crippen LogP contribution in [0.5, 0.6) is 0 Å². The second-order valence-corrected chi connectivity index (χ2v) is 6.54. The highest BCUT2D eigenvalue weighted by Crippen LogP contribution is 2.45. The number of fused-ring (bicyclic) bond motifs is 1. The molecule has 1 aromatic rings. The number of thiazole rings is 1. The fourth-order valence-electron chi connectivity index (χ4n) is 2.68. The lowest BCUT2D eigenvalue weighted by Gasteiger charge is -2.21. The van der Waals surface area contributed by atoms with Gasteiger partial charge < -0.3 is 5.32 Å². The molecule has 1 heterocycles. The van der Waals surface area contributed by atoms with E-state index in [1.54, 1.807) is 4.88 Å². The summed E-state index contributed by atoms with van der Waals surface area (Å²) in [6.07, 6.45) is 7.96. The average molecular weight is 250 g/mol. The van der Waals surface area contributed by atoms with E-state index in [0.717, 1.165) is 19.0 Å². The van der Waals surface area contributed by atoms with Gasteiger partial charge in [0.05, 0.1) is 10.7 Å². The molecule has 0 bridgehead atoms. The second kappa shape index (κ2) is 5.07. The van der Waals surface area contributed by atoms with E-state index in [2.05, 4.69) is 12.2 Å². The van der Waals surface area contributed by atoms with Crippen molar-refractivity contribution in [2.75, 3.05) is 13.1 Å². The van der Waals surface area contributed by atoms with E-state index in [1.807, 2.05) is 11.3 Å². The molecular formula is C14H22N2S. The van der Waals surface area contributed by atoms with Crippen LogP contribution in [0.2, 0.25) is 0 Å². The average Bonchev–Trinajstić information content (AvgIpc) is 3.09. The minimum absolute atomic E-state index is 0.689. The van der Waals surface area contributed by atoms with Crippen LogP contribution in [-0.4, -0.2) is 18.1 Å². The molecule has 1 N–H and O–H groups in total. The van der Waals surface area contributed by atoms with Gasteiger partial charge in [-0.2, -0.15) is 0 Å². The smallest absolute Gasteiger partial charge is 0.0962 e. The molecule has 0 aromatic carbocycles. The van der Waals surface area contributed by atoms with Crippen LogP contribution in [-0.2, 0) is 6.42 Å². The van der Waals surface area contributed by atoms with Crippen LogP contribution in [0.15, 0.2) is 0 Å². The van der Waals surface area contributed by atoms with Gasteiger partial charge in [-0.3, -0.25) is 0 Å². The lowest BCUT2D eigenvalue weighted by molar-refractivity contribution is 0.501. The van der Waals surface area contributed by atoms with Crippen molar-refractivity contribution >= 4 is 11.3 Å². The third kappa shape index (κ3) is 2.55. The van der Waals surface area contributed by atoms with E-state index >= 15 is 0 Å². The standard InChI is InChI=1S/C14H22N2S/c1-2-8-15-9-11-4-3-5-12-13(11)16-14(17-12)10-6-7-10/h10-11,15H,2-9H2,1H3. The summed E-state index contributed by atoms with van der Waals surface area (Å²) < 4.78 is 0. The van der Waals surface area contributed by atoms with Gasteiger partial charge in [0.15, 0.2) is 0 Å². The zero-order valence-corrected chi connectivity index (χ0v) is 11.5. The van der Waals surface area contributed by atoms with Crippen LogP contribution in [0, 0.1) is 0 Å². The van der Waals surface area contributed by atoms with Crippen LogP contribution in [0.4, 0.5) is 0 Å². The summed E-state index contributed by atoms with van der Waals surface area (Å²) in [5.74, 6) is 1.52. The fraction of sp³-hybridized carbons (Fsp3) is 0.786. The summed E-state index contributed by atoms with van der Waals surface area (Å²) in [5.41, 5.74) is 1.45. The third-order valence-electron chi connectivity index (χ3n) is 3.83. The topological polar surface area (TPSA) is 24.9 Å². The number of aryl methyl sites for hydroxylation is 1. The highest BCUT2D eigenvalue weighted by molar-refractivity contribution is 7.11. The molecular weight excluding hydrogens is 228 g/mol. The Bertz CT molecular complexity index is 382. The number of hydrogen-bond acceptors (Lipinski definition) is 3. The molecule has 2 aliphatic rings. The van der Waals surface area contributed by atoms with Crippen molar-refractivity contribution in [2.45, 2.75) is 57.3 Å². The quantitative estimate of drug-likeness (QED) is 0.810. The van der Waals surface area contributed by atoms with E-state index in [-0.39, 0.29) is 0 Å². The number of aromatic nitrogens is 1. The predicted molar refractivity (Wildman–Crippen MR) is 72.9 cm³/mol. The lowest BCUT2D eigenvalue weighted by Crippen LogP contribution is -2.24. The Hall–Kier alpha value is -0.410. The maximum absolute atomic E-state index is 4.95. The van der Waals surface area contributed by atoms with Gasteiger partial charge in [-0.15, -0.1) is 11.3 Å². The first-order chi connectivity index (χ1) is 8.38. The van der Waals surface area contributed by atoms with Gasteiger partial charge in [0.25, 0.3) is 0 Å². The van der Waals surface area contributed by atoms with E-state index in [1.165, 1.54) is 49.2 Å². The Morgan fingerprint density at radius 3 is 3.00 bits per heavy atom. The van der Waals surface area contributed by atoms with Crippen molar-refractivity contribution in [1.29, 1.82) is 0 Å². The molecule has 0 saturated heterocycles. The van der Waals surface area contributed by atoms with Gasteiger partial charge in [0.2, 0.25) is 0 Å². The van der Waals surface area contributed by atoms with E-state index in [0.29, 0.717) is 5.92 Å². The van der Waals surface area contributed by atoms with Crippen LogP contribution < -0.4 is 5.32 Å². The molecule has 1 unspecified atom stereocenters. The molecule has 1 saturated carbocycles. The molecule has 3 rings (SSSR count). The Morgan fingerprint density at radius 1 is 1.35 bits per heavy atom. The normalized spacial score (nSPS) is 23.7. The van der Waals surface area contributed by atoms with Gasteiger partial charge in [0, 0.05) is 23.3 Å². The lowest BCUT2D eigenvalue weighted by atomic mass is 9.91. The molecule has 0 amide bonds. The summed E-state index contributed by atoms with van der Waals surface area (Å²) >= 11 is 2.01. The molecule has 0 spiro atoms. The van der Waals surface area contributed by atoms with Crippen molar-refractivity contribution in [3.05, 3.63) is 15.6 Å². The number of nitrogens with zero attached hydrogens (tertiary/aromatic N) is 1. The monoisotopic (exact) mass is 250 g/mol. The van der Waals surface area contributed by atoms with Crippen molar-refractivity contribution in [3.63, 3.8) is 0 Å². The summed E-state index contributed by atoms with van der Waals surface area (Å²) in [7, 11) is 0. The highest BCUT2D eigenvalue weighted by atomic mass is 32.1. The zero-order valence-electron chi connectivity index (χ0n) is 10.7. The molecule has 1 atom stereocenters. The third-order valence-corrected chi connectivity index (χ3v) is 5.12. The largest absolute Gasteiger partial charge is 0.316 e. The molecule has 3 heteroatoms. The van der Waals surface area contributed by atoms with E-state index in [4.69, 9.17) is 4.98 Å². The SMILES string of the molecule is CCCNCC1CCCc2sc(C3CC3)nc21. The van der Waals surface area contributed by atoms with Crippen molar-refractivity contribution < 1.29 is 0 Å². The summed E-state index contributed by atoms with van der Waals surface area (Å²) in [4.78, 5) is 6.55. The van der Waals surface area contributed by atoms with E-state index < -0.39 is 0 Å². The van der Waals surface area contributed by atoms with Gasteiger partial charge in [-0.25, -0.2) is 4.98 Å². The summed E-state index contributed by atoms with van der Waals surface area (Å²) in [6.45, 7) is 4.51. The molecule has 1 aromatic heterocycles. The zero-order chi connectivity index (χ0) is 11.7. The Labute approximate surface area is 108 Å². The first-order valence-corrected chi connectivity index (χ1v) is 7.90. The van der Waals surface area contributed by atoms with Crippen molar-refractivity contribution in [3.8, 4) is 0 Å². The predicted octanol–water partition coefficient (Wildman–Crippen LogP) is 3.44. The number of rotatable bonds is 5. The van der Waals surface area contributed by atoms with Crippen LogP contribution in [0.3, 0.4) is 0 Å². The van der Waals surface area contributed by atoms with Crippen molar-refractivity contribution in [1.82, 2.24) is 10.3 Å². The second-order valence-electron chi connectivity index (χ2n) is 5.43. The number of hydrogen-bond donors (Lipinski definition) is 1. The molecule has 2 nitrogen and oxygen atoms in total. The van der Waals surface area contributed by atoms with Gasteiger partial charge in [0.1, 0.15) is 0 Å². The first-order valence-electron chi connectivity index (χ1n) is 7.08. The summed E-state index contributed by atoms with van der Waals surface area (Å²) in [5, 5.41) is 5.01. The van der Waals surface area contributed by atoms with Gasteiger partial charge in [-0.1, -0.05) is 6.92 Å². The van der Waals surface area contributed by atoms with Crippen LogP contribution >= 0.6 is 11.3 Å². The highest BCUT2D eigenvalue weighted by Gasteiger charge is 2.31. The Balaban J connectivity index is 1.71. The molecule has 2 aliphatic carbocycles. The number of nitrogens with one attached hydrogen (secondary N) is 1. The molecule has 17 heavy (non-hydrogen) atoms. The molecule has 0 radical (unpaired) electrons. The fourth-order valence-corrected chi connectivity index (χ4v) is 4.04. The molecule has 0 aliphatic heterocycles. The Kier molecular flexibility index (Phi) is 3.48. The maximum Gasteiger partial charge on any atom is 0.0962 e. The van der Waals surface area contributed by atoms with Crippen LogP contribution in [0.1, 0.15) is 66.4 Å². The maximum atomic E-state index is 4.95. The van der Waals surface area contributed by atoms with Gasteiger partial charge in [-0.05, 0) is 45.1 Å². The van der Waals surface area contributed by atoms with E-state index in [9.17, 15) is 0 Å².